The second-order valence-electron chi connectivity index (χ2n) is 4.81. The minimum absolute atomic E-state index is 0.485. The summed E-state index contributed by atoms with van der Waals surface area (Å²) in [6.45, 7) is 2.67. The van der Waals surface area contributed by atoms with E-state index < -0.39 is 0 Å². The average Bonchev–Trinajstić information content (AvgIpc) is 2.52. The Morgan fingerprint density at radius 1 is 1.10 bits per heavy atom. The quantitative estimate of drug-likeness (QED) is 0.747. The van der Waals surface area contributed by atoms with Gasteiger partial charge in [0, 0.05) is 23.7 Å². The van der Waals surface area contributed by atoms with Crippen molar-refractivity contribution in [1.29, 1.82) is 0 Å². The lowest BCUT2D eigenvalue weighted by molar-refractivity contribution is 0.995. The van der Waals surface area contributed by atoms with Crippen molar-refractivity contribution >= 4 is 28.3 Å². The Kier molecular flexibility index (Phi) is 3.97. The van der Waals surface area contributed by atoms with Gasteiger partial charge >= 0.3 is 0 Å². The Bertz CT molecular complexity index is 768. The highest BCUT2D eigenvalue weighted by atomic mass is 35.5. The molecule has 1 aromatic carbocycles. The summed E-state index contributed by atoms with van der Waals surface area (Å²) >= 11 is 5.99. The van der Waals surface area contributed by atoms with E-state index in [2.05, 4.69) is 44.5 Å². The van der Waals surface area contributed by atoms with Crippen molar-refractivity contribution in [3.05, 3.63) is 59.1 Å². The Hall–Kier alpha value is -2.20. The first kappa shape index (κ1) is 13.8. The zero-order chi connectivity index (χ0) is 14.7. The van der Waals surface area contributed by atoms with Gasteiger partial charge in [0.25, 0.3) is 0 Å². The van der Waals surface area contributed by atoms with Gasteiger partial charge in [-0.3, -0.25) is 4.98 Å². The molecule has 2 aromatic heterocycles. The van der Waals surface area contributed by atoms with Gasteiger partial charge in [0.05, 0.1) is 5.52 Å². The summed E-state index contributed by atoms with van der Waals surface area (Å²) in [5.41, 5.74) is 3.15. The van der Waals surface area contributed by atoms with Gasteiger partial charge in [-0.25, -0.2) is 9.97 Å². The molecule has 0 aliphatic heterocycles. The third kappa shape index (κ3) is 2.95. The average molecular weight is 299 g/mol. The predicted octanol–water partition coefficient (Wildman–Crippen LogP) is 3.64. The summed E-state index contributed by atoms with van der Waals surface area (Å²) in [6, 6.07) is 10.3. The van der Waals surface area contributed by atoms with Crippen LogP contribution in [0.1, 0.15) is 11.1 Å². The number of fused-ring (bicyclic) bond motifs is 1. The highest BCUT2D eigenvalue weighted by Crippen LogP contribution is 2.19. The molecule has 3 aromatic rings. The maximum atomic E-state index is 5.99. The Morgan fingerprint density at radius 2 is 1.95 bits per heavy atom. The fourth-order valence-electron chi connectivity index (χ4n) is 2.29. The highest BCUT2D eigenvalue weighted by molar-refractivity contribution is 6.30. The Morgan fingerprint density at radius 3 is 2.86 bits per heavy atom. The third-order valence-electron chi connectivity index (χ3n) is 3.43. The molecule has 0 bridgehead atoms. The Labute approximate surface area is 128 Å². The van der Waals surface area contributed by atoms with Crippen molar-refractivity contribution in [2.24, 2.45) is 0 Å². The van der Waals surface area contributed by atoms with E-state index in [-0.39, 0.29) is 0 Å². The molecule has 0 fully saturated rings. The van der Waals surface area contributed by atoms with Crippen LogP contribution in [0.2, 0.25) is 5.15 Å². The van der Waals surface area contributed by atoms with Crippen molar-refractivity contribution in [3.63, 3.8) is 0 Å². The molecule has 1 N–H and O–H groups in total. The molecule has 0 radical (unpaired) electrons. The molecule has 4 nitrogen and oxygen atoms in total. The molecule has 21 heavy (non-hydrogen) atoms. The van der Waals surface area contributed by atoms with Gasteiger partial charge < -0.3 is 5.32 Å². The van der Waals surface area contributed by atoms with Crippen LogP contribution in [0.3, 0.4) is 0 Å². The van der Waals surface area contributed by atoms with E-state index in [1.807, 2.05) is 19.2 Å². The van der Waals surface area contributed by atoms with Crippen LogP contribution in [0.15, 0.2) is 42.9 Å². The molecule has 2 heterocycles. The summed E-state index contributed by atoms with van der Waals surface area (Å²) in [7, 11) is 0. The topological polar surface area (TPSA) is 50.7 Å². The zero-order valence-corrected chi connectivity index (χ0v) is 12.4. The van der Waals surface area contributed by atoms with Gasteiger partial charge in [0.1, 0.15) is 17.3 Å². The minimum atomic E-state index is 0.485. The number of para-hydroxylation sites is 1. The van der Waals surface area contributed by atoms with Gasteiger partial charge in [0.15, 0.2) is 0 Å². The molecule has 3 rings (SSSR count). The van der Waals surface area contributed by atoms with E-state index in [1.165, 1.54) is 11.9 Å². The molecule has 0 aliphatic rings. The second kappa shape index (κ2) is 6.06. The summed E-state index contributed by atoms with van der Waals surface area (Å²) in [5.74, 6) is 0.781. The molecule has 0 spiro atoms. The SMILES string of the molecule is Cc1c(Cl)ncnc1NCCc1cccc2cccnc12. The smallest absolute Gasteiger partial charge is 0.137 e. The lowest BCUT2D eigenvalue weighted by Gasteiger charge is -2.10. The van der Waals surface area contributed by atoms with Crippen LogP contribution in [0.4, 0.5) is 5.82 Å². The monoisotopic (exact) mass is 298 g/mol. The van der Waals surface area contributed by atoms with Crippen molar-refractivity contribution in [1.82, 2.24) is 15.0 Å². The van der Waals surface area contributed by atoms with Gasteiger partial charge in [-0.1, -0.05) is 35.9 Å². The fourth-order valence-corrected chi connectivity index (χ4v) is 2.42. The normalized spacial score (nSPS) is 10.8. The number of anilines is 1. The standard InChI is InChI=1S/C16H15ClN4/c1-11-15(17)20-10-21-16(11)19-9-7-13-5-2-4-12-6-3-8-18-14(12)13/h2-6,8,10H,7,9H2,1H3,(H,19,20,21). The molecule has 0 saturated carbocycles. The van der Waals surface area contributed by atoms with E-state index >= 15 is 0 Å². The highest BCUT2D eigenvalue weighted by Gasteiger charge is 2.05. The van der Waals surface area contributed by atoms with Crippen LogP contribution in [0, 0.1) is 6.92 Å². The number of nitrogens with one attached hydrogen (secondary N) is 1. The van der Waals surface area contributed by atoms with Gasteiger partial charge in [-0.05, 0) is 25.0 Å². The van der Waals surface area contributed by atoms with Crippen LogP contribution < -0.4 is 5.32 Å². The van der Waals surface area contributed by atoms with Crippen LogP contribution >= 0.6 is 11.6 Å². The van der Waals surface area contributed by atoms with Crippen molar-refractivity contribution in [2.75, 3.05) is 11.9 Å². The van der Waals surface area contributed by atoms with Crippen molar-refractivity contribution in [2.45, 2.75) is 13.3 Å². The molecule has 0 unspecified atom stereocenters. The molecule has 0 atom stereocenters. The van der Waals surface area contributed by atoms with Crippen LogP contribution in [0.25, 0.3) is 10.9 Å². The van der Waals surface area contributed by atoms with Gasteiger partial charge in [-0.15, -0.1) is 0 Å². The number of rotatable bonds is 4. The molecule has 106 valence electrons. The lowest BCUT2D eigenvalue weighted by Crippen LogP contribution is -2.08. The number of benzene rings is 1. The summed E-state index contributed by atoms with van der Waals surface area (Å²) in [5, 5.41) is 4.95. The predicted molar refractivity (Wildman–Crippen MR) is 85.7 cm³/mol. The molecule has 0 aliphatic carbocycles. The van der Waals surface area contributed by atoms with E-state index in [0.717, 1.165) is 35.2 Å². The van der Waals surface area contributed by atoms with Gasteiger partial charge in [0.2, 0.25) is 0 Å². The number of nitrogens with zero attached hydrogens (tertiary/aromatic N) is 3. The van der Waals surface area contributed by atoms with E-state index in [4.69, 9.17) is 11.6 Å². The largest absolute Gasteiger partial charge is 0.369 e. The first-order valence-corrected chi connectivity index (χ1v) is 7.17. The van der Waals surface area contributed by atoms with Gasteiger partial charge in [-0.2, -0.15) is 0 Å². The third-order valence-corrected chi connectivity index (χ3v) is 3.81. The van der Waals surface area contributed by atoms with Crippen LogP contribution in [-0.4, -0.2) is 21.5 Å². The summed E-state index contributed by atoms with van der Waals surface area (Å²) in [4.78, 5) is 12.6. The lowest BCUT2D eigenvalue weighted by atomic mass is 10.1. The van der Waals surface area contributed by atoms with Crippen molar-refractivity contribution in [3.8, 4) is 0 Å². The molecule has 0 saturated heterocycles. The van der Waals surface area contributed by atoms with Crippen LogP contribution in [-0.2, 0) is 6.42 Å². The maximum absolute atomic E-state index is 5.99. The second-order valence-corrected chi connectivity index (χ2v) is 5.17. The number of hydrogen-bond acceptors (Lipinski definition) is 4. The van der Waals surface area contributed by atoms with Crippen molar-refractivity contribution < 1.29 is 0 Å². The molecular formula is C16H15ClN4. The first-order chi connectivity index (χ1) is 10.3. The number of hydrogen-bond donors (Lipinski definition) is 1. The molecule has 5 heteroatoms. The number of halogens is 1. The zero-order valence-electron chi connectivity index (χ0n) is 11.7. The Balaban J connectivity index is 1.74. The number of pyridine rings is 1. The van der Waals surface area contributed by atoms with Crippen LogP contribution in [0.5, 0.6) is 0 Å². The van der Waals surface area contributed by atoms with E-state index in [9.17, 15) is 0 Å². The fraction of sp³-hybridized carbons (Fsp3) is 0.188. The molecule has 0 amide bonds. The first-order valence-electron chi connectivity index (χ1n) is 6.79. The summed E-state index contributed by atoms with van der Waals surface area (Å²) in [6.07, 6.45) is 4.17. The summed E-state index contributed by atoms with van der Waals surface area (Å²) < 4.78 is 0. The van der Waals surface area contributed by atoms with E-state index in [1.54, 1.807) is 0 Å². The number of aromatic nitrogens is 3. The molecular weight excluding hydrogens is 284 g/mol. The maximum Gasteiger partial charge on any atom is 0.137 e. The van der Waals surface area contributed by atoms with E-state index in [0.29, 0.717) is 5.15 Å². The minimum Gasteiger partial charge on any atom is -0.369 e.